The van der Waals surface area contributed by atoms with Crippen LogP contribution in [-0.2, 0) is 34.1 Å². The van der Waals surface area contributed by atoms with Gasteiger partial charge in [0.1, 0.15) is 12.1 Å². The minimum Gasteiger partial charge on any atom is -0.466 e. The number of nitrogens with one attached hydrogen (secondary N) is 2. The van der Waals surface area contributed by atoms with Crippen LogP contribution in [0, 0.1) is 12.8 Å². The molecule has 0 heterocycles. The molecule has 0 radical (unpaired) electrons. The van der Waals surface area contributed by atoms with Crippen LogP contribution in [0.3, 0.4) is 0 Å². The highest BCUT2D eigenvalue weighted by molar-refractivity contribution is 5.94. The molecule has 0 aromatic heterocycles. The van der Waals surface area contributed by atoms with Gasteiger partial charge in [-0.05, 0) is 58.9 Å². The minimum absolute atomic E-state index is 0.0423. The molecule has 0 spiro atoms. The number of esters is 2. The fourth-order valence-electron chi connectivity index (χ4n) is 3.40. The van der Waals surface area contributed by atoms with E-state index in [1.54, 1.807) is 27.7 Å². The maximum Gasteiger partial charge on any atom is 0.328 e. The van der Waals surface area contributed by atoms with Crippen LogP contribution in [-0.4, -0.2) is 49.1 Å². The van der Waals surface area contributed by atoms with E-state index in [1.165, 1.54) is 0 Å². The van der Waals surface area contributed by atoms with Gasteiger partial charge >= 0.3 is 11.9 Å². The van der Waals surface area contributed by atoms with Crippen molar-refractivity contribution in [1.82, 2.24) is 10.6 Å². The molecule has 8 nitrogen and oxygen atoms in total. The lowest BCUT2D eigenvalue weighted by Crippen LogP contribution is -2.55. The van der Waals surface area contributed by atoms with E-state index in [-0.39, 0.29) is 37.9 Å². The van der Waals surface area contributed by atoms with Crippen molar-refractivity contribution in [2.24, 2.45) is 5.92 Å². The van der Waals surface area contributed by atoms with Crippen molar-refractivity contribution in [3.8, 4) is 0 Å². The molecule has 1 aromatic rings. The first kappa shape index (κ1) is 29.1. The fourth-order valence-corrected chi connectivity index (χ4v) is 3.40. The molecule has 0 bridgehead atoms. The number of carbonyl (C=O) groups excluding carboxylic acids is 4. The molecule has 0 saturated heterocycles. The van der Waals surface area contributed by atoms with Crippen molar-refractivity contribution in [3.63, 3.8) is 0 Å². The lowest BCUT2D eigenvalue weighted by Gasteiger charge is -2.29. The highest BCUT2D eigenvalue weighted by Gasteiger charge is 2.34. The van der Waals surface area contributed by atoms with Gasteiger partial charge in [-0.15, -0.1) is 0 Å². The van der Waals surface area contributed by atoms with Crippen LogP contribution in [0.4, 0.5) is 0 Å². The van der Waals surface area contributed by atoms with Gasteiger partial charge < -0.3 is 20.1 Å². The van der Waals surface area contributed by atoms with E-state index in [4.69, 9.17) is 9.47 Å². The van der Waals surface area contributed by atoms with E-state index in [0.29, 0.717) is 6.42 Å². The second kappa shape index (κ2) is 13.7. The second-order valence-corrected chi connectivity index (χ2v) is 9.30. The van der Waals surface area contributed by atoms with E-state index in [0.717, 1.165) is 11.1 Å². The monoisotopic (exact) mass is 476 g/mol. The van der Waals surface area contributed by atoms with Crippen molar-refractivity contribution >= 4 is 23.8 Å². The third-order valence-corrected chi connectivity index (χ3v) is 5.50. The molecule has 8 heteroatoms. The molecule has 0 aliphatic heterocycles. The van der Waals surface area contributed by atoms with Crippen LogP contribution >= 0.6 is 0 Å². The Hall–Kier alpha value is -2.90. The molecule has 0 unspecified atom stereocenters. The Balaban J connectivity index is 3.01. The summed E-state index contributed by atoms with van der Waals surface area (Å²) in [7, 11) is 0. The summed E-state index contributed by atoms with van der Waals surface area (Å²) >= 11 is 0. The van der Waals surface area contributed by atoms with Crippen LogP contribution < -0.4 is 10.6 Å². The molecule has 0 aliphatic carbocycles. The van der Waals surface area contributed by atoms with Gasteiger partial charge in [0.2, 0.25) is 11.8 Å². The van der Waals surface area contributed by atoms with Crippen LogP contribution in [0.2, 0.25) is 0 Å². The number of rotatable bonds is 13. The topological polar surface area (TPSA) is 111 Å². The predicted octanol–water partition coefficient (Wildman–Crippen LogP) is 3.19. The Morgan fingerprint density at radius 2 is 1.50 bits per heavy atom. The number of carbonyl (C=O) groups is 4. The second-order valence-electron chi connectivity index (χ2n) is 9.30. The first-order valence-corrected chi connectivity index (χ1v) is 11.9. The lowest BCUT2D eigenvalue weighted by atomic mass is 9.83. The first-order valence-electron chi connectivity index (χ1n) is 11.9. The van der Waals surface area contributed by atoms with E-state index < -0.39 is 35.3 Å². The molecule has 1 rings (SSSR count). The van der Waals surface area contributed by atoms with Crippen molar-refractivity contribution < 1.29 is 28.7 Å². The number of benzene rings is 1. The van der Waals surface area contributed by atoms with Gasteiger partial charge in [-0.2, -0.15) is 0 Å². The standard InChI is InChI=1S/C26H40N2O6/c1-8-33-22(29)15-14-20(24(31)34-9-2)27-23(30)21(16-17(3)4)28-25(32)26(6,7)19-12-10-18(5)11-13-19/h10-13,17,20-21H,8-9,14-16H2,1-7H3,(H,27,30)(H,28,32)/t20-,21+/m1/s1. The Morgan fingerprint density at radius 3 is 2.03 bits per heavy atom. The molecule has 1 aromatic carbocycles. The van der Waals surface area contributed by atoms with Crippen molar-refractivity contribution in [1.29, 1.82) is 0 Å². The largest absolute Gasteiger partial charge is 0.466 e. The van der Waals surface area contributed by atoms with E-state index in [1.807, 2.05) is 45.0 Å². The Labute approximate surface area is 203 Å². The maximum atomic E-state index is 13.2. The summed E-state index contributed by atoms with van der Waals surface area (Å²) in [6.07, 6.45) is 0.384. The Morgan fingerprint density at radius 1 is 0.912 bits per heavy atom. The zero-order valence-corrected chi connectivity index (χ0v) is 21.5. The third kappa shape index (κ3) is 9.15. The van der Waals surface area contributed by atoms with Crippen molar-refractivity contribution in [2.75, 3.05) is 13.2 Å². The van der Waals surface area contributed by atoms with Crippen LogP contribution in [0.25, 0.3) is 0 Å². The summed E-state index contributed by atoms with van der Waals surface area (Å²) in [5.74, 6) is -1.77. The Bertz CT molecular complexity index is 832. The van der Waals surface area contributed by atoms with Gasteiger partial charge in [0, 0.05) is 6.42 Å². The molecule has 0 fully saturated rings. The van der Waals surface area contributed by atoms with E-state index in [2.05, 4.69) is 10.6 Å². The normalized spacial score (nSPS) is 13.1. The number of hydrogen-bond acceptors (Lipinski definition) is 6. The summed E-state index contributed by atoms with van der Waals surface area (Å²) in [4.78, 5) is 50.5. The molecule has 0 saturated carbocycles. The quantitative estimate of drug-likeness (QED) is 0.423. The van der Waals surface area contributed by atoms with Crippen LogP contribution in [0.1, 0.15) is 71.9 Å². The van der Waals surface area contributed by atoms with Gasteiger partial charge in [-0.3, -0.25) is 14.4 Å². The van der Waals surface area contributed by atoms with E-state index >= 15 is 0 Å². The number of hydrogen-bond donors (Lipinski definition) is 2. The fraction of sp³-hybridized carbons (Fsp3) is 0.615. The first-order chi connectivity index (χ1) is 15.9. The zero-order chi connectivity index (χ0) is 25.9. The van der Waals surface area contributed by atoms with Crippen LogP contribution in [0.15, 0.2) is 24.3 Å². The summed E-state index contributed by atoms with van der Waals surface area (Å²) in [5.41, 5.74) is 1.05. The highest BCUT2D eigenvalue weighted by Crippen LogP contribution is 2.24. The van der Waals surface area contributed by atoms with Gasteiger partial charge in [0.05, 0.1) is 18.6 Å². The van der Waals surface area contributed by atoms with Crippen LogP contribution in [0.5, 0.6) is 0 Å². The minimum atomic E-state index is -1.02. The smallest absolute Gasteiger partial charge is 0.328 e. The van der Waals surface area contributed by atoms with Gasteiger partial charge in [-0.1, -0.05) is 43.7 Å². The molecule has 2 atom stereocenters. The molecule has 2 N–H and O–H groups in total. The summed E-state index contributed by atoms with van der Waals surface area (Å²) in [6.45, 7) is 13.2. The van der Waals surface area contributed by atoms with Crippen molar-refractivity contribution in [2.45, 2.75) is 85.2 Å². The molecular weight excluding hydrogens is 436 g/mol. The Kier molecular flexibility index (Phi) is 11.8. The van der Waals surface area contributed by atoms with Gasteiger partial charge in [0.25, 0.3) is 0 Å². The summed E-state index contributed by atoms with van der Waals surface area (Å²) in [6, 6.07) is 5.81. The third-order valence-electron chi connectivity index (χ3n) is 5.50. The predicted molar refractivity (Wildman–Crippen MR) is 130 cm³/mol. The lowest BCUT2D eigenvalue weighted by molar-refractivity contribution is -0.149. The molecule has 0 aliphatic rings. The SMILES string of the molecule is CCOC(=O)CC[C@@H](NC(=O)[C@H](CC(C)C)NC(=O)C(C)(C)c1ccc(C)cc1)C(=O)OCC. The van der Waals surface area contributed by atoms with Crippen molar-refractivity contribution in [3.05, 3.63) is 35.4 Å². The molecular formula is C26H40N2O6. The van der Waals surface area contributed by atoms with Gasteiger partial charge in [-0.25, -0.2) is 4.79 Å². The number of amides is 2. The highest BCUT2D eigenvalue weighted by atomic mass is 16.5. The number of ether oxygens (including phenoxy) is 2. The summed E-state index contributed by atoms with van der Waals surface area (Å²) in [5, 5.41) is 5.54. The average Bonchev–Trinajstić information content (AvgIpc) is 2.76. The molecule has 2 amide bonds. The zero-order valence-electron chi connectivity index (χ0n) is 21.5. The molecule has 190 valence electrons. The molecule has 34 heavy (non-hydrogen) atoms. The maximum absolute atomic E-state index is 13.2. The van der Waals surface area contributed by atoms with E-state index in [9.17, 15) is 19.2 Å². The summed E-state index contributed by atoms with van der Waals surface area (Å²) < 4.78 is 9.98. The average molecular weight is 477 g/mol. The van der Waals surface area contributed by atoms with Gasteiger partial charge in [0.15, 0.2) is 0 Å². The number of aryl methyl sites for hydroxylation is 1.